The Morgan fingerprint density at radius 2 is 1.61 bits per heavy atom. The summed E-state index contributed by atoms with van der Waals surface area (Å²) in [4.78, 5) is 25.8. The molecule has 1 amide bonds. The molecule has 2 atom stereocenters. The lowest BCUT2D eigenvalue weighted by atomic mass is 9.97. The maximum atomic E-state index is 13.3. The first kappa shape index (κ1) is 25.0. The summed E-state index contributed by atoms with van der Waals surface area (Å²) in [7, 11) is 1.61. The van der Waals surface area contributed by atoms with Crippen LogP contribution in [0.1, 0.15) is 30.5 Å². The minimum absolute atomic E-state index is 0.341. The van der Waals surface area contributed by atoms with Crippen LogP contribution in [0.15, 0.2) is 102 Å². The fourth-order valence-electron chi connectivity index (χ4n) is 4.44. The number of rotatable bonds is 8. The minimum Gasteiger partial charge on any atom is -0.497 e. The zero-order valence-electron chi connectivity index (χ0n) is 21.2. The van der Waals surface area contributed by atoms with Crippen LogP contribution in [0, 0.1) is 0 Å². The topological polar surface area (TPSA) is 77.4 Å². The molecule has 4 aromatic rings. The average molecular weight is 509 g/mol. The van der Waals surface area contributed by atoms with Crippen LogP contribution in [-0.4, -0.2) is 42.4 Å². The van der Waals surface area contributed by atoms with Gasteiger partial charge in [-0.25, -0.2) is 9.80 Å². The number of esters is 1. The van der Waals surface area contributed by atoms with Gasteiger partial charge >= 0.3 is 5.97 Å². The minimum atomic E-state index is -0.863. The van der Waals surface area contributed by atoms with Gasteiger partial charge in [0.2, 0.25) is 0 Å². The zero-order chi connectivity index (χ0) is 26.5. The Kier molecular flexibility index (Phi) is 7.35. The Hall–Kier alpha value is -4.65. The molecule has 7 nitrogen and oxygen atoms in total. The number of methoxy groups -OCH3 is 1. The molecule has 192 valence electrons. The first-order chi connectivity index (χ1) is 18.5. The fourth-order valence-corrected chi connectivity index (χ4v) is 4.44. The van der Waals surface area contributed by atoms with Gasteiger partial charge < -0.3 is 14.2 Å². The van der Waals surface area contributed by atoms with E-state index >= 15 is 0 Å². The van der Waals surface area contributed by atoms with Crippen LogP contribution in [-0.2, 0) is 14.3 Å². The molecule has 1 aliphatic heterocycles. The Balaban J connectivity index is 1.34. The van der Waals surface area contributed by atoms with Crippen LogP contribution < -0.4 is 9.47 Å². The van der Waals surface area contributed by atoms with Crippen molar-refractivity contribution in [2.24, 2.45) is 5.10 Å². The molecule has 0 radical (unpaired) electrons. The molecule has 2 unspecified atom stereocenters. The molecule has 0 aromatic heterocycles. The van der Waals surface area contributed by atoms with Gasteiger partial charge in [-0.2, -0.15) is 5.10 Å². The molecule has 4 aromatic carbocycles. The molecule has 0 fully saturated rings. The quantitative estimate of drug-likeness (QED) is 0.292. The van der Waals surface area contributed by atoms with Crippen molar-refractivity contribution < 1.29 is 23.8 Å². The molecule has 38 heavy (non-hydrogen) atoms. The maximum Gasteiger partial charge on any atom is 0.347 e. The van der Waals surface area contributed by atoms with Crippen LogP contribution in [0.3, 0.4) is 0 Å². The van der Waals surface area contributed by atoms with Gasteiger partial charge in [-0.05, 0) is 59.2 Å². The highest BCUT2D eigenvalue weighted by atomic mass is 16.6. The number of carbonyl (C=O) groups excluding carboxylic acids is 2. The summed E-state index contributed by atoms with van der Waals surface area (Å²) in [6, 6.07) is 30.5. The largest absolute Gasteiger partial charge is 0.497 e. The van der Waals surface area contributed by atoms with E-state index in [1.54, 1.807) is 26.2 Å². The first-order valence-corrected chi connectivity index (χ1v) is 12.4. The van der Waals surface area contributed by atoms with E-state index < -0.39 is 24.6 Å². The molecule has 0 N–H and O–H groups in total. The van der Waals surface area contributed by atoms with E-state index in [2.05, 4.69) is 24.3 Å². The van der Waals surface area contributed by atoms with Gasteiger partial charge in [0, 0.05) is 6.42 Å². The summed E-state index contributed by atoms with van der Waals surface area (Å²) < 4.78 is 16.2. The van der Waals surface area contributed by atoms with Crippen LogP contribution in [0.25, 0.3) is 10.8 Å². The van der Waals surface area contributed by atoms with Gasteiger partial charge in [0.25, 0.3) is 5.91 Å². The van der Waals surface area contributed by atoms with Crippen molar-refractivity contribution in [1.82, 2.24) is 5.01 Å². The summed E-state index contributed by atoms with van der Waals surface area (Å²) in [6.07, 6.45) is -0.337. The van der Waals surface area contributed by atoms with Crippen molar-refractivity contribution >= 4 is 28.4 Å². The number of fused-ring (bicyclic) bond motifs is 1. The van der Waals surface area contributed by atoms with Gasteiger partial charge in [0.05, 0.1) is 18.9 Å². The lowest BCUT2D eigenvalue weighted by molar-refractivity contribution is -0.158. The molecule has 0 spiro atoms. The van der Waals surface area contributed by atoms with Crippen LogP contribution in [0.2, 0.25) is 0 Å². The Morgan fingerprint density at radius 1 is 0.895 bits per heavy atom. The molecule has 0 saturated heterocycles. The second-order valence-electron chi connectivity index (χ2n) is 9.02. The van der Waals surface area contributed by atoms with E-state index in [1.807, 2.05) is 60.7 Å². The average Bonchev–Trinajstić information content (AvgIpc) is 3.42. The standard InChI is InChI=1S/C31H28N2O5/c1-21(38-27-10-4-3-5-11-27)31(35)37-20-30(34)33-29(23-14-16-26(36-2)17-15-23)19-28(32-33)25-13-12-22-8-6-7-9-24(22)18-25/h3-18,21,29H,19-20H2,1-2H3. The number of benzene rings is 4. The van der Waals surface area contributed by atoms with E-state index in [0.29, 0.717) is 12.2 Å². The van der Waals surface area contributed by atoms with E-state index in [4.69, 9.17) is 19.3 Å². The van der Waals surface area contributed by atoms with Crippen molar-refractivity contribution in [3.63, 3.8) is 0 Å². The number of para-hydroxylation sites is 1. The third-order valence-electron chi connectivity index (χ3n) is 6.48. The van der Waals surface area contributed by atoms with E-state index in [1.165, 1.54) is 5.01 Å². The van der Waals surface area contributed by atoms with Crippen molar-refractivity contribution in [3.05, 3.63) is 108 Å². The number of hydrogen-bond acceptors (Lipinski definition) is 6. The molecular formula is C31H28N2O5. The number of amides is 1. The molecule has 0 aliphatic carbocycles. The van der Waals surface area contributed by atoms with Gasteiger partial charge in [-0.3, -0.25) is 4.79 Å². The van der Waals surface area contributed by atoms with Crippen LogP contribution in [0.5, 0.6) is 11.5 Å². The molecule has 1 aliphatic rings. The highest BCUT2D eigenvalue weighted by Gasteiger charge is 2.34. The molecule has 0 saturated carbocycles. The van der Waals surface area contributed by atoms with Gasteiger partial charge in [-0.1, -0.05) is 66.7 Å². The highest BCUT2D eigenvalue weighted by molar-refractivity contribution is 6.05. The lowest BCUT2D eigenvalue weighted by Crippen LogP contribution is -2.34. The molecule has 1 heterocycles. The molecular weight excluding hydrogens is 480 g/mol. The summed E-state index contributed by atoms with van der Waals surface area (Å²) in [5.41, 5.74) is 2.64. The summed E-state index contributed by atoms with van der Waals surface area (Å²) in [5, 5.41) is 8.35. The van der Waals surface area contributed by atoms with Crippen molar-refractivity contribution in [1.29, 1.82) is 0 Å². The van der Waals surface area contributed by atoms with Crippen molar-refractivity contribution in [2.45, 2.75) is 25.5 Å². The number of nitrogens with zero attached hydrogens (tertiary/aromatic N) is 2. The van der Waals surface area contributed by atoms with Crippen LogP contribution >= 0.6 is 0 Å². The summed E-state index contributed by atoms with van der Waals surface area (Å²) in [6.45, 7) is 1.15. The molecule has 7 heteroatoms. The third kappa shape index (κ3) is 5.52. The van der Waals surface area contributed by atoms with Crippen LogP contribution in [0.4, 0.5) is 0 Å². The first-order valence-electron chi connectivity index (χ1n) is 12.4. The van der Waals surface area contributed by atoms with Gasteiger partial charge in [0.1, 0.15) is 11.5 Å². The lowest BCUT2D eigenvalue weighted by Gasteiger charge is -2.22. The Morgan fingerprint density at radius 3 is 2.34 bits per heavy atom. The monoisotopic (exact) mass is 508 g/mol. The van der Waals surface area contributed by atoms with Gasteiger partial charge in [0.15, 0.2) is 12.7 Å². The second-order valence-corrected chi connectivity index (χ2v) is 9.02. The number of carbonyl (C=O) groups is 2. The third-order valence-corrected chi connectivity index (χ3v) is 6.48. The maximum absolute atomic E-state index is 13.3. The van der Waals surface area contributed by atoms with Gasteiger partial charge in [-0.15, -0.1) is 0 Å². The normalized spacial score (nSPS) is 15.6. The van der Waals surface area contributed by atoms with Crippen molar-refractivity contribution in [2.75, 3.05) is 13.7 Å². The predicted octanol–water partition coefficient (Wildman–Crippen LogP) is 5.54. The van der Waals surface area contributed by atoms with E-state index in [0.717, 1.165) is 33.4 Å². The molecule has 0 bridgehead atoms. The highest BCUT2D eigenvalue weighted by Crippen LogP contribution is 2.34. The smallest absolute Gasteiger partial charge is 0.347 e. The molecule has 5 rings (SSSR count). The SMILES string of the molecule is COc1ccc(C2CC(c3ccc4ccccc4c3)=NN2C(=O)COC(=O)C(C)Oc2ccccc2)cc1. The van der Waals surface area contributed by atoms with E-state index in [-0.39, 0.29) is 6.04 Å². The number of ether oxygens (including phenoxy) is 3. The number of hydrogen-bond donors (Lipinski definition) is 0. The van der Waals surface area contributed by atoms with E-state index in [9.17, 15) is 9.59 Å². The Labute approximate surface area is 221 Å². The summed E-state index contributed by atoms with van der Waals surface area (Å²) >= 11 is 0. The number of hydrazone groups is 1. The Bertz CT molecular complexity index is 1470. The fraction of sp³-hybridized carbons (Fsp3) is 0.194. The zero-order valence-corrected chi connectivity index (χ0v) is 21.2. The summed E-state index contributed by atoms with van der Waals surface area (Å²) in [5.74, 6) is 0.233. The second kappa shape index (κ2) is 11.2. The predicted molar refractivity (Wildman–Crippen MR) is 145 cm³/mol. The van der Waals surface area contributed by atoms with Crippen molar-refractivity contribution in [3.8, 4) is 11.5 Å².